The Bertz CT molecular complexity index is 1020. The minimum Gasteiger partial charge on any atom is -0.399 e. The highest BCUT2D eigenvalue weighted by Crippen LogP contribution is 2.37. The summed E-state index contributed by atoms with van der Waals surface area (Å²) in [4.78, 5) is 0. The number of hydrogen-bond donors (Lipinski definition) is 0. The predicted octanol–water partition coefficient (Wildman–Crippen LogP) is 5.83. The van der Waals surface area contributed by atoms with E-state index in [1.807, 2.05) is 31.2 Å². The van der Waals surface area contributed by atoms with Crippen LogP contribution in [-0.2, 0) is 9.31 Å². The molecule has 3 nitrogen and oxygen atoms in total. The first kappa shape index (κ1) is 21.2. The Labute approximate surface area is 174 Å². The second kappa shape index (κ2) is 7.70. The zero-order valence-electron chi connectivity index (χ0n) is 18.2. The van der Waals surface area contributed by atoms with Gasteiger partial charge in [0.25, 0.3) is 0 Å². The summed E-state index contributed by atoms with van der Waals surface area (Å²) in [5, 5.41) is 1.08. The lowest BCUT2D eigenvalue weighted by molar-refractivity contribution is 0.00578. The number of nitrogens with zero attached hydrogens (tertiary/aromatic N) is 1. The number of fused-ring (bicyclic) bond motifs is 1. The Morgan fingerprint density at radius 1 is 1.03 bits per heavy atom. The number of rotatable bonds is 6. The molecule has 150 valence electrons. The Hall–Kier alpha value is -2.56. The fourth-order valence-corrected chi connectivity index (χ4v) is 3.67. The summed E-state index contributed by atoms with van der Waals surface area (Å²) < 4.78 is 14.7. The monoisotopic (exact) mass is 387 g/mol. The van der Waals surface area contributed by atoms with Gasteiger partial charge in [-0.25, -0.2) is 0 Å². The van der Waals surface area contributed by atoms with Crippen LogP contribution >= 0.6 is 0 Å². The molecule has 3 rings (SSSR count). The normalized spacial score (nSPS) is 18.5. The van der Waals surface area contributed by atoms with Crippen LogP contribution in [0.25, 0.3) is 28.8 Å². The standard InChI is InChI=1S/C25H30BNO2/c1-9-13-19(14-10-2)27-22(12-4)20(11-3)21-17-18(15-16-23(21)27)26-28-24(5,6)25(7,8)29-26/h9-17H,1,3-4H2,2,5-8H3/b14-10-,19-13+. The number of hydrogen-bond acceptors (Lipinski definition) is 2. The Balaban J connectivity index is 2.23. The van der Waals surface area contributed by atoms with Crippen LogP contribution in [0.5, 0.6) is 0 Å². The third kappa shape index (κ3) is 3.47. The SMILES string of the molecule is C=C/C=C(\C=C/C)n1c(C=C)c(C=C)c2cc(B3OC(C)(C)C(C)(C)O3)ccc21. The second-order valence-corrected chi connectivity index (χ2v) is 8.23. The van der Waals surface area contributed by atoms with Gasteiger partial charge in [0.15, 0.2) is 0 Å². The fraction of sp³-hybridized carbons (Fsp3) is 0.280. The van der Waals surface area contributed by atoms with Crippen LogP contribution < -0.4 is 5.46 Å². The molecule has 1 aromatic carbocycles. The van der Waals surface area contributed by atoms with Crippen LogP contribution in [0.2, 0.25) is 0 Å². The average molecular weight is 387 g/mol. The van der Waals surface area contributed by atoms with Gasteiger partial charge in [-0.05, 0) is 64.4 Å². The average Bonchev–Trinajstić information content (AvgIpc) is 3.10. The molecule has 1 aliphatic heterocycles. The third-order valence-electron chi connectivity index (χ3n) is 5.88. The van der Waals surface area contributed by atoms with Gasteiger partial charge in [0, 0.05) is 16.6 Å². The van der Waals surface area contributed by atoms with Gasteiger partial charge >= 0.3 is 7.12 Å². The van der Waals surface area contributed by atoms with Crippen LogP contribution in [0.4, 0.5) is 0 Å². The molecule has 0 amide bonds. The van der Waals surface area contributed by atoms with Gasteiger partial charge < -0.3 is 13.9 Å². The molecule has 0 bridgehead atoms. The van der Waals surface area contributed by atoms with Crippen molar-refractivity contribution in [3.8, 4) is 0 Å². The van der Waals surface area contributed by atoms with E-state index in [0.717, 1.165) is 33.3 Å². The topological polar surface area (TPSA) is 23.4 Å². The van der Waals surface area contributed by atoms with Crippen molar-refractivity contribution in [3.05, 3.63) is 73.5 Å². The van der Waals surface area contributed by atoms with E-state index in [0.29, 0.717) is 0 Å². The van der Waals surface area contributed by atoms with Crippen molar-refractivity contribution in [1.82, 2.24) is 4.57 Å². The molecular weight excluding hydrogens is 357 g/mol. The predicted molar refractivity (Wildman–Crippen MR) is 127 cm³/mol. The van der Waals surface area contributed by atoms with Gasteiger partial charge in [0.1, 0.15) is 0 Å². The summed E-state index contributed by atoms with van der Waals surface area (Å²) in [6, 6.07) is 6.32. The largest absolute Gasteiger partial charge is 0.494 e. The van der Waals surface area contributed by atoms with Crippen molar-refractivity contribution in [1.29, 1.82) is 0 Å². The number of aromatic nitrogens is 1. The van der Waals surface area contributed by atoms with Crippen molar-refractivity contribution in [2.75, 3.05) is 0 Å². The van der Waals surface area contributed by atoms with Gasteiger partial charge in [-0.1, -0.05) is 50.1 Å². The maximum atomic E-state index is 6.25. The fourth-order valence-electron chi connectivity index (χ4n) is 3.67. The highest BCUT2D eigenvalue weighted by Gasteiger charge is 2.51. The molecule has 2 aromatic rings. The van der Waals surface area contributed by atoms with E-state index in [4.69, 9.17) is 9.31 Å². The highest BCUT2D eigenvalue weighted by molar-refractivity contribution is 6.62. The first-order valence-corrected chi connectivity index (χ1v) is 9.95. The lowest BCUT2D eigenvalue weighted by Crippen LogP contribution is -2.41. The quantitative estimate of drug-likeness (QED) is 0.460. The second-order valence-electron chi connectivity index (χ2n) is 8.23. The molecule has 1 aliphatic rings. The highest BCUT2D eigenvalue weighted by atomic mass is 16.7. The zero-order chi connectivity index (χ0) is 21.4. The van der Waals surface area contributed by atoms with Gasteiger partial charge in [-0.2, -0.15) is 0 Å². The summed E-state index contributed by atoms with van der Waals surface area (Å²) in [6.07, 6.45) is 11.6. The summed E-state index contributed by atoms with van der Waals surface area (Å²) in [6.45, 7) is 22.2. The van der Waals surface area contributed by atoms with E-state index in [-0.39, 0.29) is 11.2 Å². The molecule has 0 spiro atoms. The lowest BCUT2D eigenvalue weighted by atomic mass is 9.78. The maximum absolute atomic E-state index is 6.25. The van der Waals surface area contributed by atoms with E-state index >= 15 is 0 Å². The van der Waals surface area contributed by atoms with Crippen LogP contribution in [0.3, 0.4) is 0 Å². The molecular formula is C25H30BNO2. The molecule has 0 aliphatic carbocycles. The summed E-state index contributed by atoms with van der Waals surface area (Å²) >= 11 is 0. The molecule has 0 radical (unpaired) electrons. The Morgan fingerprint density at radius 2 is 1.69 bits per heavy atom. The smallest absolute Gasteiger partial charge is 0.399 e. The van der Waals surface area contributed by atoms with Gasteiger partial charge in [-0.15, -0.1) is 0 Å². The molecule has 4 heteroatoms. The molecule has 2 heterocycles. The van der Waals surface area contributed by atoms with Crippen molar-refractivity contribution >= 4 is 41.3 Å². The molecule has 0 atom stereocenters. The summed E-state index contributed by atoms with van der Waals surface area (Å²) in [5.74, 6) is 0. The van der Waals surface area contributed by atoms with Crippen LogP contribution in [0.15, 0.2) is 62.2 Å². The van der Waals surface area contributed by atoms with Crippen LogP contribution in [0.1, 0.15) is 45.9 Å². The molecule has 1 saturated heterocycles. The Kier molecular flexibility index (Phi) is 5.62. The van der Waals surface area contributed by atoms with Crippen molar-refractivity contribution in [2.24, 2.45) is 0 Å². The van der Waals surface area contributed by atoms with E-state index in [2.05, 4.69) is 76.3 Å². The van der Waals surface area contributed by atoms with Crippen molar-refractivity contribution in [3.63, 3.8) is 0 Å². The maximum Gasteiger partial charge on any atom is 0.494 e. The zero-order valence-corrected chi connectivity index (χ0v) is 18.2. The third-order valence-corrected chi connectivity index (χ3v) is 5.88. The minimum atomic E-state index is -0.406. The van der Waals surface area contributed by atoms with Crippen molar-refractivity contribution < 1.29 is 9.31 Å². The number of allylic oxidation sites excluding steroid dienone is 5. The number of benzene rings is 1. The van der Waals surface area contributed by atoms with Crippen LogP contribution in [0, 0.1) is 0 Å². The van der Waals surface area contributed by atoms with E-state index in [9.17, 15) is 0 Å². The Morgan fingerprint density at radius 3 is 2.21 bits per heavy atom. The first-order chi connectivity index (χ1) is 13.7. The van der Waals surface area contributed by atoms with Crippen molar-refractivity contribution in [2.45, 2.75) is 45.8 Å². The van der Waals surface area contributed by atoms with Gasteiger partial charge in [-0.3, -0.25) is 0 Å². The summed E-state index contributed by atoms with van der Waals surface area (Å²) in [7, 11) is -0.406. The molecule has 0 N–H and O–H groups in total. The van der Waals surface area contributed by atoms with E-state index < -0.39 is 7.12 Å². The van der Waals surface area contributed by atoms with E-state index in [1.165, 1.54) is 0 Å². The minimum absolute atomic E-state index is 0.377. The molecule has 1 aromatic heterocycles. The summed E-state index contributed by atoms with van der Waals surface area (Å²) in [5.41, 5.74) is 4.35. The molecule has 1 fully saturated rings. The van der Waals surface area contributed by atoms with Crippen LogP contribution in [-0.4, -0.2) is 22.9 Å². The molecule has 0 saturated carbocycles. The van der Waals surface area contributed by atoms with E-state index in [1.54, 1.807) is 6.08 Å². The lowest BCUT2D eigenvalue weighted by Gasteiger charge is -2.32. The first-order valence-electron chi connectivity index (χ1n) is 9.95. The molecule has 29 heavy (non-hydrogen) atoms. The van der Waals surface area contributed by atoms with Gasteiger partial charge in [0.05, 0.1) is 22.4 Å². The van der Waals surface area contributed by atoms with Gasteiger partial charge in [0.2, 0.25) is 0 Å². The molecule has 0 unspecified atom stereocenters.